The average Bonchev–Trinajstić information content (AvgIpc) is 2.92. The summed E-state index contributed by atoms with van der Waals surface area (Å²) in [4.78, 5) is 1.17. The van der Waals surface area contributed by atoms with Gasteiger partial charge >= 0.3 is 0 Å². The third-order valence-electron chi connectivity index (χ3n) is 2.84. The number of fused-ring (bicyclic) bond motifs is 1. The van der Waals surface area contributed by atoms with Crippen molar-refractivity contribution in [2.45, 2.75) is 10.6 Å². The normalized spacial score (nSPS) is 10.9. The topological polar surface area (TPSA) is 33.4 Å². The second-order valence-electron chi connectivity index (χ2n) is 4.05. The molecule has 1 aromatic heterocycles. The highest BCUT2D eigenvalue weighted by Crippen LogP contribution is 2.34. The zero-order chi connectivity index (χ0) is 12.4. The zero-order valence-corrected chi connectivity index (χ0v) is 10.5. The molecular weight excluding hydrogens is 244 g/mol. The first-order chi connectivity index (χ1) is 8.84. The highest BCUT2D eigenvalue weighted by Gasteiger charge is 2.05. The summed E-state index contributed by atoms with van der Waals surface area (Å²) in [6.45, 7) is 0. The number of rotatable bonds is 3. The summed E-state index contributed by atoms with van der Waals surface area (Å²) in [7, 11) is 0. The van der Waals surface area contributed by atoms with Gasteiger partial charge in [-0.2, -0.15) is 0 Å². The van der Waals surface area contributed by atoms with Crippen LogP contribution < -0.4 is 0 Å². The van der Waals surface area contributed by atoms with E-state index >= 15 is 0 Å². The first kappa shape index (κ1) is 11.2. The van der Waals surface area contributed by atoms with Gasteiger partial charge in [0.15, 0.2) is 0 Å². The fourth-order valence-electron chi connectivity index (χ4n) is 1.92. The van der Waals surface area contributed by atoms with Crippen LogP contribution in [-0.4, -0.2) is 5.11 Å². The molecule has 3 aromatic rings. The van der Waals surface area contributed by atoms with Crippen LogP contribution in [0.3, 0.4) is 0 Å². The number of thioether (sulfide) groups is 1. The van der Waals surface area contributed by atoms with E-state index in [1.165, 1.54) is 4.90 Å². The van der Waals surface area contributed by atoms with Crippen molar-refractivity contribution in [1.29, 1.82) is 0 Å². The quantitative estimate of drug-likeness (QED) is 0.704. The number of phenols is 1. The zero-order valence-electron chi connectivity index (χ0n) is 9.67. The van der Waals surface area contributed by atoms with Crippen LogP contribution in [0.15, 0.2) is 64.3 Å². The summed E-state index contributed by atoms with van der Waals surface area (Å²) in [5, 5.41) is 11.8. The van der Waals surface area contributed by atoms with Crippen molar-refractivity contribution in [3.63, 3.8) is 0 Å². The van der Waals surface area contributed by atoms with Crippen LogP contribution in [0.4, 0.5) is 0 Å². The molecule has 0 aliphatic carbocycles. The molecule has 0 unspecified atom stereocenters. The van der Waals surface area contributed by atoms with Crippen molar-refractivity contribution in [2.24, 2.45) is 0 Å². The lowest BCUT2D eigenvalue weighted by atomic mass is 10.1. The van der Waals surface area contributed by atoms with Gasteiger partial charge in [-0.25, -0.2) is 0 Å². The third kappa shape index (κ3) is 2.09. The molecule has 0 atom stereocenters. The van der Waals surface area contributed by atoms with E-state index in [9.17, 15) is 5.11 Å². The predicted molar refractivity (Wildman–Crippen MR) is 73.9 cm³/mol. The second-order valence-corrected chi connectivity index (χ2v) is 5.07. The van der Waals surface area contributed by atoms with E-state index in [1.807, 2.05) is 36.4 Å². The van der Waals surface area contributed by atoms with Crippen LogP contribution in [0.1, 0.15) is 5.56 Å². The summed E-state index contributed by atoms with van der Waals surface area (Å²) >= 11 is 1.75. The van der Waals surface area contributed by atoms with Gasteiger partial charge < -0.3 is 9.52 Å². The number of hydrogen-bond donors (Lipinski definition) is 1. The Labute approximate surface area is 109 Å². The van der Waals surface area contributed by atoms with Gasteiger partial charge in [-0.05, 0) is 23.6 Å². The Kier molecular flexibility index (Phi) is 2.99. The molecule has 1 N–H and O–H groups in total. The van der Waals surface area contributed by atoms with Gasteiger partial charge in [-0.15, -0.1) is 11.8 Å². The number of furan rings is 1. The molecule has 0 spiro atoms. The fraction of sp³-hybridized carbons (Fsp3) is 0.0667. The van der Waals surface area contributed by atoms with Gasteiger partial charge in [0.1, 0.15) is 5.75 Å². The molecule has 3 rings (SSSR count). The lowest BCUT2D eigenvalue weighted by Gasteiger charge is -2.07. The molecule has 0 saturated carbocycles. The lowest BCUT2D eigenvalue weighted by molar-refractivity contribution is 0.481. The van der Waals surface area contributed by atoms with E-state index in [-0.39, 0.29) is 0 Å². The number of phenolic OH excluding ortho intramolecular Hbond substituents is 1. The Balaban J connectivity index is 1.94. The van der Waals surface area contributed by atoms with Crippen LogP contribution in [0, 0.1) is 0 Å². The van der Waals surface area contributed by atoms with Crippen molar-refractivity contribution < 1.29 is 9.52 Å². The van der Waals surface area contributed by atoms with Crippen molar-refractivity contribution in [3.8, 4) is 5.75 Å². The number of hydrogen-bond acceptors (Lipinski definition) is 3. The van der Waals surface area contributed by atoms with Gasteiger partial charge in [0, 0.05) is 21.6 Å². The maximum Gasteiger partial charge on any atom is 0.123 e. The Morgan fingerprint density at radius 2 is 1.83 bits per heavy atom. The van der Waals surface area contributed by atoms with E-state index < -0.39 is 0 Å². The van der Waals surface area contributed by atoms with Crippen LogP contribution in [-0.2, 0) is 5.75 Å². The van der Waals surface area contributed by atoms with E-state index in [0.29, 0.717) is 5.75 Å². The highest BCUT2D eigenvalue weighted by molar-refractivity contribution is 7.98. The SMILES string of the molecule is Oc1ccc(SCc2ccoc2)c2ccccc12. The summed E-state index contributed by atoms with van der Waals surface area (Å²) < 4.78 is 5.06. The van der Waals surface area contributed by atoms with Crippen molar-refractivity contribution in [1.82, 2.24) is 0 Å². The van der Waals surface area contributed by atoms with E-state index in [1.54, 1.807) is 30.4 Å². The minimum atomic E-state index is 0.332. The highest BCUT2D eigenvalue weighted by atomic mass is 32.2. The van der Waals surface area contributed by atoms with Crippen molar-refractivity contribution in [2.75, 3.05) is 0 Å². The molecule has 3 heteroatoms. The number of aromatic hydroxyl groups is 1. The van der Waals surface area contributed by atoms with Crippen LogP contribution in [0.25, 0.3) is 10.8 Å². The summed E-state index contributed by atoms with van der Waals surface area (Å²) in [6.07, 6.45) is 3.44. The molecule has 90 valence electrons. The lowest BCUT2D eigenvalue weighted by Crippen LogP contribution is -1.80. The molecule has 2 aromatic carbocycles. The fourth-order valence-corrected chi connectivity index (χ4v) is 2.90. The first-order valence-electron chi connectivity index (χ1n) is 5.69. The maximum absolute atomic E-state index is 9.82. The molecule has 0 radical (unpaired) electrons. The van der Waals surface area contributed by atoms with Gasteiger partial charge in [-0.1, -0.05) is 24.3 Å². The molecule has 18 heavy (non-hydrogen) atoms. The second kappa shape index (κ2) is 4.78. The molecule has 1 heterocycles. The molecule has 0 saturated heterocycles. The molecular formula is C15H12O2S. The predicted octanol–water partition coefficient (Wildman–Crippen LogP) is 4.43. The molecule has 0 fully saturated rings. The Morgan fingerprint density at radius 3 is 2.61 bits per heavy atom. The summed E-state index contributed by atoms with van der Waals surface area (Å²) in [6, 6.07) is 13.6. The number of benzene rings is 2. The molecule has 0 aliphatic heterocycles. The maximum atomic E-state index is 9.82. The summed E-state index contributed by atoms with van der Waals surface area (Å²) in [5.41, 5.74) is 1.16. The van der Waals surface area contributed by atoms with E-state index in [0.717, 1.165) is 22.1 Å². The minimum Gasteiger partial charge on any atom is -0.507 e. The average molecular weight is 256 g/mol. The van der Waals surface area contributed by atoms with Crippen LogP contribution in [0.2, 0.25) is 0 Å². The van der Waals surface area contributed by atoms with Crippen LogP contribution >= 0.6 is 11.8 Å². The molecule has 2 nitrogen and oxygen atoms in total. The van der Waals surface area contributed by atoms with Gasteiger partial charge in [0.05, 0.1) is 12.5 Å². The monoisotopic (exact) mass is 256 g/mol. The smallest absolute Gasteiger partial charge is 0.123 e. The molecule has 0 amide bonds. The summed E-state index contributed by atoms with van der Waals surface area (Å²) in [5.74, 6) is 1.20. The Bertz CT molecular complexity index is 659. The first-order valence-corrected chi connectivity index (χ1v) is 6.68. The van der Waals surface area contributed by atoms with E-state index in [4.69, 9.17) is 4.42 Å². The largest absolute Gasteiger partial charge is 0.507 e. The standard InChI is InChI=1S/C15H12O2S/c16-14-5-6-15(13-4-2-1-3-12(13)14)18-10-11-7-8-17-9-11/h1-9,16H,10H2. The van der Waals surface area contributed by atoms with E-state index in [2.05, 4.69) is 0 Å². The van der Waals surface area contributed by atoms with Crippen molar-refractivity contribution >= 4 is 22.5 Å². The van der Waals surface area contributed by atoms with Crippen molar-refractivity contribution in [3.05, 3.63) is 60.6 Å². The Morgan fingerprint density at radius 1 is 1.00 bits per heavy atom. The third-order valence-corrected chi connectivity index (χ3v) is 3.98. The van der Waals surface area contributed by atoms with Gasteiger partial charge in [0.25, 0.3) is 0 Å². The molecule has 0 aliphatic rings. The Hall–Kier alpha value is -1.87. The van der Waals surface area contributed by atoms with Gasteiger partial charge in [0.2, 0.25) is 0 Å². The minimum absolute atomic E-state index is 0.332. The molecule has 0 bridgehead atoms. The van der Waals surface area contributed by atoms with Crippen LogP contribution in [0.5, 0.6) is 5.75 Å². The van der Waals surface area contributed by atoms with Gasteiger partial charge in [-0.3, -0.25) is 0 Å².